The zero-order valence-corrected chi connectivity index (χ0v) is 35.2. The number of hydrogen-bond donors (Lipinski definition) is 3. The molecule has 15 nitrogen and oxygen atoms in total. The molecule has 0 aliphatic carbocycles. The number of likely N-dealkylation sites (N-methyl/N-ethyl adjacent to an activating group) is 1. The van der Waals surface area contributed by atoms with Crippen LogP contribution < -0.4 is 20.3 Å². The number of carbonyl (C=O) groups excluding carboxylic acids is 5. The van der Waals surface area contributed by atoms with Crippen LogP contribution in [0.3, 0.4) is 0 Å². The van der Waals surface area contributed by atoms with Gasteiger partial charge in [-0.25, -0.2) is 9.59 Å². The molecular formula is C40H54ClF3N4O11. The summed E-state index contributed by atoms with van der Waals surface area (Å²) in [4.78, 5) is 67.4. The quantitative estimate of drug-likeness (QED) is 0.159. The van der Waals surface area contributed by atoms with Crippen LogP contribution in [0.1, 0.15) is 71.8 Å². The predicted molar refractivity (Wildman–Crippen MR) is 208 cm³/mol. The van der Waals surface area contributed by atoms with E-state index in [0.29, 0.717) is 24.3 Å². The number of nitrogens with one attached hydrogen (secondary N) is 2. The number of halogens is 4. The molecule has 0 aromatic heterocycles. The maximum absolute atomic E-state index is 14.2. The summed E-state index contributed by atoms with van der Waals surface area (Å²) in [6.45, 7) is 6.52. The monoisotopic (exact) mass is 858 g/mol. The van der Waals surface area contributed by atoms with E-state index < -0.39 is 90.1 Å². The number of anilines is 1. The van der Waals surface area contributed by atoms with Crippen molar-refractivity contribution < 1.29 is 65.9 Å². The van der Waals surface area contributed by atoms with Crippen LogP contribution in [0.25, 0.3) is 0 Å². The molecule has 2 saturated heterocycles. The number of alkyl halides is 3. The molecule has 1 aromatic rings. The summed E-state index contributed by atoms with van der Waals surface area (Å²) < 4.78 is 66.3. The molecule has 1 aromatic carbocycles. The van der Waals surface area contributed by atoms with Crippen LogP contribution in [-0.4, -0.2) is 123 Å². The number of carbonyl (C=O) groups is 5. The van der Waals surface area contributed by atoms with Crippen molar-refractivity contribution in [2.24, 2.45) is 5.92 Å². The van der Waals surface area contributed by atoms with Crippen molar-refractivity contribution in [1.29, 1.82) is 0 Å². The lowest BCUT2D eigenvalue weighted by atomic mass is 9.83. The number of ether oxygens (including phenoxy) is 5. The van der Waals surface area contributed by atoms with Crippen molar-refractivity contribution >= 4 is 47.1 Å². The van der Waals surface area contributed by atoms with Crippen molar-refractivity contribution in [3.8, 4) is 5.75 Å². The fraction of sp³-hybridized carbons (Fsp3) is 0.625. The first-order valence-corrected chi connectivity index (χ1v) is 19.6. The predicted octanol–water partition coefficient (Wildman–Crippen LogP) is 4.75. The molecular weight excluding hydrogens is 805 g/mol. The van der Waals surface area contributed by atoms with Gasteiger partial charge in [0.25, 0.3) is 0 Å². The van der Waals surface area contributed by atoms with Crippen LogP contribution in [0.15, 0.2) is 35.9 Å². The van der Waals surface area contributed by atoms with E-state index in [0.717, 1.165) is 11.1 Å². The van der Waals surface area contributed by atoms with Crippen LogP contribution in [0.2, 0.25) is 5.02 Å². The first-order chi connectivity index (χ1) is 27.6. The van der Waals surface area contributed by atoms with E-state index in [1.807, 2.05) is 13.0 Å². The molecule has 3 N–H and O–H groups in total. The summed E-state index contributed by atoms with van der Waals surface area (Å²) in [6.07, 6.45) is -3.90. The third-order valence-corrected chi connectivity index (χ3v) is 11.5. The van der Waals surface area contributed by atoms with Gasteiger partial charge < -0.3 is 43.9 Å². The number of unbranched alkanes of at least 4 members (excludes halogenated alkanes) is 2. The summed E-state index contributed by atoms with van der Waals surface area (Å²) in [5, 5.41) is 16.2. The number of methoxy groups -OCH3 is 2. The normalized spacial score (nSPS) is 29.4. The Morgan fingerprint density at radius 3 is 2.53 bits per heavy atom. The third kappa shape index (κ3) is 11.5. The molecule has 4 rings (SSSR count). The van der Waals surface area contributed by atoms with Gasteiger partial charge in [0.05, 0.1) is 25.3 Å². The van der Waals surface area contributed by atoms with Gasteiger partial charge in [-0.3, -0.25) is 19.7 Å². The summed E-state index contributed by atoms with van der Waals surface area (Å²) >= 11 is 6.74. The third-order valence-electron chi connectivity index (χ3n) is 11.1. The largest absolute Gasteiger partial charge is 0.495 e. The zero-order valence-electron chi connectivity index (χ0n) is 34.4. The Morgan fingerprint density at radius 1 is 1.19 bits per heavy atom. The van der Waals surface area contributed by atoms with Crippen molar-refractivity contribution in [2.75, 3.05) is 39.8 Å². The zero-order chi connectivity index (χ0) is 44.0. The number of alkyl carbamates (subject to hydrolysis) is 1. The molecule has 0 spiro atoms. The molecule has 328 valence electrons. The SMILES string of the molecule is COc1cc2cc(c1Cl)N(C)C(=O)CC(OC(=O)[C@H](C)N(C)C(=O)CCCCCNC(=O)C(F)(F)F)[C@]1(C)OC1[C@@H](C)C1C[C@@](O)(NC(=O)O1)C(OC)/C=C/C=C(\C)C2. The molecule has 3 aliphatic rings. The van der Waals surface area contributed by atoms with Gasteiger partial charge in [-0.05, 0) is 57.7 Å². The van der Waals surface area contributed by atoms with Gasteiger partial charge >= 0.3 is 24.1 Å². The fourth-order valence-electron chi connectivity index (χ4n) is 7.27. The Morgan fingerprint density at radius 2 is 1.88 bits per heavy atom. The van der Waals surface area contributed by atoms with Crippen molar-refractivity contribution in [2.45, 2.75) is 121 Å². The van der Waals surface area contributed by atoms with Crippen LogP contribution in [0, 0.1) is 5.92 Å². The minimum absolute atomic E-state index is 0.0336. The Hall–Kier alpha value is -4.39. The Bertz CT molecular complexity index is 1810. The lowest BCUT2D eigenvalue weighted by molar-refractivity contribution is -0.173. The van der Waals surface area contributed by atoms with Gasteiger partial charge in [0.15, 0.2) is 5.72 Å². The number of allylic oxidation sites excluding steroid dienone is 3. The molecule has 19 heteroatoms. The van der Waals surface area contributed by atoms with E-state index >= 15 is 0 Å². The van der Waals surface area contributed by atoms with Gasteiger partial charge in [0.1, 0.15) is 40.7 Å². The standard InChI is InChI=1S/C40H54ClF3N4O11/c1-22-13-12-14-29(56-8)39(54)21-28(57-37(53)46-39)23(2)34-38(4,59-34)30(20-32(50)48(6)26-18-25(17-22)19-27(55-7)33(26)41)58-35(51)24(3)47(5)31(49)15-10-9-11-16-45-36(52)40(42,43)44/h12-14,18-19,23-24,28-30,34,54H,9-11,15-17,20-21H2,1-8H3,(H,45,52)(H,46,53)/b14-12+,22-13+/t23-,24-,28?,29?,30?,34?,38-,39-/m0/s1. The first kappa shape index (κ1) is 47.3. The summed E-state index contributed by atoms with van der Waals surface area (Å²) in [5.41, 5.74) is -1.21. The fourth-order valence-corrected chi connectivity index (χ4v) is 7.59. The molecule has 8 atom stereocenters. The van der Waals surface area contributed by atoms with E-state index in [9.17, 15) is 42.3 Å². The van der Waals surface area contributed by atoms with Gasteiger partial charge in [-0.1, -0.05) is 48.7 Å². The average Bonchev–Trinajstić information content (AvgIpc) is 3.87. The highest BCUT2D eigenvalue weighted by Gasteiger charge is 2.64. The number of fused-ring (bicyclic) bond motifs is 5. The second-order valence-corrected chi connectivity index (χ2v) is 15.8. The minimum atomic E-state index is -4.98. The lowest BCUT2D eigenvalue weighted by Gasteiger charge is -2.42. The number of hydrogen-bond acceptors (Lipinski definition) is 11. The van der Waals surface area contributed by atoms with Gasteiger partial charge in [-0.15, -0.1) is 0 Å². The highest BCUT2D eigenvalue weighted by atomic mass is 35.5. The molecule has 59 heavy (non-hydrogen) atoms. The Kier molecular flexibility index (Phi) is 15.5. The molecule has 2 fully saturated rings. The number of esters is 1. The smallest absolute Gasteiger partial charge is 0.471 e. The Balaban J connectivity index is 1.60. The van der Waals surface area contributed by atoms with Crippen molar-refractivity contribution in [1.82, 2.24) is 15.5 Å². The second-order valence-electron chi connectivity index (χ2n) is 15.5. The highest BCUT2D eigenvalue weighted by molar-refractivity contribution is 6.35. The summed E-state index contributed by atoms with van der Waals surface area (Å²) in [5.74, 6) is -4.11. The van der Waals surface area contributed by atoms with Crippen molar-refractivity contribution in [3.63, 3.8) is 0 Å². The molecule has 4 amide bonds. The molecule has 3 aliphatic heterocycles. The topological polar surface area (TPSA) is 186 Å². The summed E-state index contributed by atoms with van der Waals surface area (Å²) in [6, 6.07) is 2.36. The maximum atomic E-state index is 14.2. The lowest BCUT2D eigenvalue weighted by Crippen LogP contribution is -2.63. The van der Waals surface area contributed by atoms with Gasteiger partial charge in [0, 0.05) is 46.5 Å². The van der Waals surface area contributed by atoms with Crippen LogP contribution in [0.5, 0.6) is 5.75 Å². The average molecular weight is 859 g/mol. The van der Waals surface area contributed by atoms with Crippen molar-refractivity contribution in [3.05, 3.63) is 46.5 Å². The number of aliphatic hydroxyl groups is 1. The minimum Gasteiger partial charge on any atom is -0.495 e. The second kappa shape index (κ2) is 19.3. The van der Waals surface area contributed by atoms with E-state index in [2.05, 4.69) is 5.32 Å². The van der Waals surface area contributed by atoms with Gasteiger partial charge in [-0.2, -0.15) is 13.2 Å². The molecule has 0 saturated carbocycles. The molecule has 4 unspecified atom stereocenters. The van der Waals surface area contributed by atoms with E-state index in [1.54, 1.807) is 43.4 Å². The number of benzene rings is 1. The van der Waals surface area contributed by atoms with Gasteiger partial charge in [0.2, 0.25) is 11.8 Å². The summed E-state index contributed by atoms with van der Waals surface area (Å²) in [7, 11) is 5.77. The van der Waals surface area contributed by atoms with Crippen LogP contribution in [-0.2, 0) is 44.5 Å². The van der Waals surface area contributed by atoms with E-state index in [1.165, 1.54) is 45.0 Å². The maximum Gasteiger partial charge on any atom is 0.471 e. The Labute approximate surface area is 346 Å². The first-order valence-electron chi connectivity index (χ1n) is 19.3. The molecule has 4 bridgehead atoms. The molecule has 0 radical (unpaired) electrons. The number of epoxide rings is 1. The number of rotatable bonds is 11. The number of amides is 4. The molecule has 3 heterocycles. The highest BCUT2D eigenvalue weighted by Crippen LogP contribution is 2.49. The number of nitrogens with zero attached hydrogens (tertiary/aromatic N) is 2. The van der Waals surface area contributed by atoms with E-state index in [-0.39, 0.29) is 37.3 Å². The van der Waals surface area contributed by atoms with Crippen LogP contribution in [0.4, 0.5) is 23.7 Å². The van der Waals surface area contributed by atoms with Crippen LogP contribution >= 0.6 is 11.6 Å². The van der Waals surface area contributed by atoms with E-state index in [4.69, 9.17) is 35.3 Å².